The van der Waals surface area contributed by atoms with Gasteiger partial charge >= 0.3 is 0 Å². The number of carbonyl (C=O) groups is 2. The zero-order chi connectivity index (χ0) is 24.2. The van der Waals surface area contributed by atoms with Crippen LogP contribution in [0.1, 0.15) is 38.7 Å². The molecule has 0 aliphatic carbocycles. The molecule has 0 radical (unpaired) electrons. The van der Waals surface area contributed by atoms with Crippen molar-refractivity contribution in [3.8, 4) is 5.75 Å². The third-order valence-electron chi connectivity index (χ3n) is 5.89. The minimum atomic E-state index is -0.962. The van der Waals surface area contributed by atoms with Crippen LogP contribution in [0.15, 0.2) is 60.7 Å². The van der Waals surface area contributed by atoms with Gasteiger partial charge in [-0.2, -0.15) is 0 Å². The monoisotopic (exact) mass is 466 g/mol. The summed E-state index contributed by atoms with van der Waals surface area (Å²) in [5.74, 6) is -1.81. The average molecular weight is 466 g/mol. The number of hydrogen-bond acceptors (Lipinski definition) is 4. The molecule has 8 heteroatoms. The maximum Gasteiger partial charge on any atom is 0.251 e. The number of amides is 2. The largest absolute Gasteiger partial charge is 0.508 e. The van der Waals surface area contributed by atoms with Crippen LogP contribution < -0.4 is 5.32 Å². The van der Waals surface area contributed by atoms with Crippen LogP contribution in [0.3, 0.4) is 0 Å². The van der Waals surface area contributed by atoms with Gasteiger partial charge in [-0.15, -0.1) is 0 Å². The Hall–Kier alpha value is -3.78. The Kier molecular flexibility index (Phi) is 6.88. The van der Waals surface area contributed by atoms with Crippen molar-refractivity contribution in [1.82, 2.24) is 10.2 Å². The summed E-state index contributed by atoms with van der Waals surface area (Å²) in [5.41, 5.74) is 2.77. The molecule has 1 unspecified atom stereocenters. The normalized spacial score (nSPS) is 13.8. The highest BCUT2D eigenvalue weighted by molar-refractivity contribution is 5.94. The van der Waals surface area contributed by atoms with E-state index in [1.54, 1.807) is 35.2 Å². The molecule has 4 rings (SSSR count). The topological polar surface area (TPSA) is 89.9 Å². The molecule has 6 nitrogen and oxygen atoms in total. The first-order chi connectivity index (χ1) is 16.3. The van der Waals surface area contributed by atoms with Crippen molar-refractivity contribution >= 4 is 11.8 Å². The van der Waals surface area contributed by atoms with E-state index in [2.05, 4.69) is 5.32 Å². The lowest BCUT2D eigenvalue weighted by Gasteiger charge is -2.29. The van der Waals surface area contributed by atoms with Crippen molar-refractivity contribution in [2.75, 3.05) is 13.1 Å². The Morgan fingerprint density at radius 2 is 1.85 bits per heavy atom. The highest BCUT2D eigenvalue weighted by atomic mass is 19.1. The van der Waals surface area contributed by atoms with E-state index in [0.29, 0.717) is 30.6 Å². The number of aromatic hydroxyl groups is 1. The number of nitrogens with one attached hydrogen (secondary N) is 1. The van der Waals surface area contributed by atoms with Gasteiger partial charge in [-0.05, 0) is 65.6 Å². The summed E-state index contributed by atoms with van der Waals surface area (Å²) in [5, 5.41) is 22.5. The van der Waals surface area contributed by atoms with E-state index in [1.165, 1.54) is 12.1 Å². The summed E-state index contributed by atoms with van der Waals surface area (Å²) in [6.07, 6.45) is -0.656. The van der Waals surface area contributed by atoms with Crippen molar-refractivity contribution in [3.63, 3.8) is 0 Å². The molecule has 34 heavy (non-hydrogen) atoms. The van der Waals surface area contributed by atoms with Crippen LogP contribution in [-0.4, -0.2) is 40.0 Å². The maximum atomic E-state index is 13.9. The Bertz CT molecular complexity index is 1230. The molecule has 1 aliphatic heterocycles. The smallest absolute Gasteiger partial charge is 0.251 e. The third-order valence-corrected chi connectivity index (χ3v) is 5.89. The molecule has 3 aromatic rings. The van der Waals surface area contributed by atoms with Gasteiger partial charge in [-0.25, -0.2) is 8.78 Å². The van der Waals surface area contributed by atoms with Crippen LogP contribution >= 0.6 is 0 Å². The number of aliphatic hydroxyl groups is 1. The van der Waals surface area contributed by atoms with Crippen molar-refractivity contribution in [2.24, 2.45) is 0 Å². The lowest BCUT2D eigenvalue weighted by Crippen LogP contribution is -2.37. The number of phenols is 1. The summed E-state index contributed by atoms with van der Waals surface area (Å²) in [4.78, 5) is 26.8. The molecule has 1 atom stereocenters. The van der Waals surface area contributed by atoms with Gasteiger partial charge in [0.15, 0.2) is 0 Å². The molecule has 0 aromatic heterocycles. The van der Waals surface area contributed by atoms with Crippen molar-refractivity contribution in [3.05, 3.63) is 100 Å². The van der Waals surface area contributed by atoms with Gasteiger partial charge in [0.1, 0.15) is 17.4 Å². The van der Waals surface area contributed by atoms with Crippen molar-refractivity contribution in [2.45, 2.75) is 25.5 Å². The van der Waals surface area contributed by atoms with Crippen LogP contribution in [0.25, 0.3) is 0 Å². The minimum Gasteiger partial charge on any atom is -0.508 e. The SMILES string of the molecule is O=C(NCC(O)c1cccc(O)c1)c1ccc2c(c1)CCN(C(=O)Cc1cc(F)ccc1F)C2. The van der Waals surface area contributed by atoms with E-state index in [1.807, 2.05) is 0 Å². The zero-order valence-electron chi connectivity index (χ0n) is 18.3. The van der Waals surface area contributed by atoms with Crippen LogP contribution in [0.2, 0.25) is 0 Å². The minimum absolute atomic E-state index is 0.0156. The number of carbonyl (C=O) groups excluding carboxylic acids is 2. The van der Waals surface area contributed by atoms with E-state index in [-0.39, 0.29) is 36.1 Å². The molecule has 1 aliphatic rings. The number of phenolic OH excluding ortho intramolecular Hbond substituents is 1. The number of aliphatic hydroxyl groups excluding tert-OH is 1. The van der Waals surface area contributed by atoms with Crippen molar-refractivity contribution < 1.29 is 28.6 Å². The average Bonchev–Trinajstić information content (AvgIpc) is 2.83. The first kappa shape index (κ1) is 23.4. The Morgan fingerprint density at radius 1 is 1.03 bits per heavy atom. The van der Waals surface area contributed by atoms with Crippen molar-refractivity contribution in [1.29, 1.82) is 0 Å². The second-order valence-corrected chi connectivity index (χ2v) is 8.28. The first-order valence-electron chi connectivity index (χ1n) is 10.9. The molecule has 176 valence electrons. The van der Waals surface area contributed by atoms with Crippen LogP contribution in [0, 0.1) is 11.6 Å². The van der Waals surface area contributed by atoms with Gasteiger partial charge in [0, 0.05) is 30.8 Å². The van der Waals surface area contributed by atoms with Crippen LogP contribution in [-0.2, 0) is 24.2 Å². The number of halogens is 2. The third kappa shape index (κ3) is 5.40. The molecular formula is C26H24F2N2O4. The summed E-state index contributed by atoms with van der Waals surface area (Å²) in [7, 11) is 0. The fourth-order valence-corrected chi connectivity index (χ4v) is 4.00. The van der Waals surface area contributed by atoms with Gasteiger partial charge in [0.25, 0.3) is 5.91 Å². The fraction of sp³-hybridized carbons (Fsp3) is 0.231. The predicted octanol–water partition coefficient (Wildman–Crippen LogP) is 3.26. The first-order valence-corrected chi connectivity index (χ1v) is 10.9. The molecule has 3 aromatic carbocycles. The van der Waals surface area contributed by atoms with E-state index in [9.17, 15) is 28.6 Å². The van der Waals surface area contributed by atoms with Gasteiger partial charge in [0.2, 0.25) is 5.91 Å². The molecule has 1 heterocycles. The summed E-state index contributed by atoms with van der Waals surface area (Å²) in [6, 6.07) is 14.5. The molecule has 0 saturated carbocycles. The summed E-state index contributed by atoms with van der Waals surface area (Å²) >= 11 is 0. The van der Waals surface area contributed by atoms with Crippen LogP contribution in [0.5, 0.6) is 5.75 Å². The molecular weight excluding hydrogens is 442 g/mol. The zero-order valence-corrected chi connectivity index (χ0v) is 18.3. The predicted molar refractivity (Wildman–Crippen MR) is 121 cm³/mol. The standard InChI is InChI=1S/C26H24F2N2O4/c27-21-6-7-23(28)20(11-21)13-25(33)30-9-8-16-10-18(4-5-19(16)15-30)26(34)29-14-24(32)17-2-1-3-22(31)12-17/h1-7,10-12,24,31-32H,8-9,13-15H2,(H,29,34). The number of hydrogen-bond donors (Lipinski definition) is 3. The van der Waals surface area contributed by atoms with Gasteiger partial charge < -0.3 is 20.4 Å². The van der Waals surface area contributed by atoms with Gasteiger partial charge in [-0.3, -0.25) is 9.59 Å². The van der Waals surface area contributed by atoms with E-state index in [0.717, 1.165) is 29.3 Å². The quantitative estimate of drug-likeness (QED) is 0.520. The summed E-state index contributed by atoms with van der Waals surface area (Å²) in [6.45, 7) is 0.714. The highest BCUT2D eigenvalue weighted by Crippen LogP contribution is 2.22. The number of rotatable bonds is 6. The van der Waals surface area contributed by atoms with Gasteiger partial charge in [-0.1, -0.05) is 18.2 Å². The molecule has 0 fully saturated rings. The molecule has 0 saturated heterocycles. The fourth-order valence-electron chi connectivity index (χ4n) is 4.00. The lowest BCUT2D eigenvalue weighted by atomic mass is 9.96. The molecule has 0 spiro atoms. The van der Waals surface area contributed by atoms with E-state index in [4.69, 9.17) is 0 Å². The summed E-state index contributed by atoms with van der Waals surface area (Å²) < 4.78 is 27.3. The Morgan fingerprint density at radius 3 is 2.65 bits per heavy atom. The number of fused-ring (bicyclic) bond motifs is 1. The maximum absolute atomic E-state index is 13.9. The second kappa shape index (κ2) is 10.0. The number of benzene rings is 3. The molecule has 2 amide bonds. The highest BCUT2D eigenvalue weighted by Gasteiger charge is 2.23. The second-order valence-electron chi connectivity index (χ2n) is 8.28. The van der Waals surface area contributed by atoms with E-state index >= 15 is 0 Å². The Balaban J connectivity index is 1.36. The molecule has 3 N–H and O–H groups in total. The molecule has 0 bridgehead atoms. The van der Waals surface area contributed by atoms with Crippen LogP contribution in [0.4, 0.5) is 8.78 Å². The van der Waals surface area contributed by atoms with Gasteiger partial charge in [0.05, 0.1) is 12.5 Å². The Labute approximate surface area is 195 Å². The lowest BCUT2D eigenvalue weighted by molar-refractivity contribution is -0.131. The number of nitrogens with zero attached hydrogens (tertiary/aromatic N) is 1. The van der Waals surface area contributed by atoms with E-state index < -0.39 is 17.7 Å².